The summed E-state index contributed by atoms with van der Waals surface area (Å²) in [6.07, 6.45) is 0. The molecule has 0 radical (unpaired) electrons. The van der Waals surface area contributed by atoms with E-state index < -0.39 is 0 Å². The molecule has 0 atom stereocenters. The second kappa shape index (κ2) is 5.66. The largest absolute Gasteiger partial charge is 0.356 e. The van der Waals surface area contributed by atoms with Crippen LogP contribution in [0.15, 0.2) is 78.9 Å². The van der Waals surface area contributed by atoms with E-state index in [2.05, 4.69) is 65.2 Å². The predicted octanol–water partition coefficient (Wildman–Crippen LogP) is 4.97. The normalized spacial score (nSPS) is 11.3. The first-order valence-electron chi connectivity index (χ1n) is 7.51. The maximum absolute atomic E-state index is 5.94. The molecule has 0 unspecified atom stereocenters. The fourth-order valence-electron chi connectivity index (χ4n) is 2.97. The summed E-state index contributed by atoms with van der Waals surface area (Å²) in [7, 11) is 0. The van der Waals surface area contributed by atoms with Crippen molar-refractivity contribution in [3.8, 4) is 0 Å². The van der Waals surface area contributed by atoms with Crippen molar-refractivity contribution in [1.82, 2.24) is 4.57 Å². The van der Waals surface area contributed by atoms with Crippen molar-refractivity contribution in [2.45, 2.75) is 13.3 Å². The predicted molar refractivity (Wildman–Crippen MR) is 90.7 cm³/mol. The fraction of sp³-hybridized carbons (Fsp3) is 0.100. The molecule has 0 N–H and O–H groups in total. The Labute approximate surface area is 129 Å². The van der Waals surface area contributed by atoms with Crippen molar-refractivity contribution in [2.24, 2.45) is 0 Å². The van der Waals surface area contributed by atoms with E-state index in [-0.39, 0.29) is 0 Å². The Hall–Kier alpha value is -2.58. The lowest BCUT2D eigenvalue weighted by Gasteiger charge is -2.09. The van der Waals surface area contributed by atoms with Crippen molar-refractivity contribution in [3.63, 3.8) is 0 Å². The molecule has 0 bridgehead atoms. The maximum atomic E-state index is 5.94. The highest BCUT2D eigenvalue weighted by Crippen LogP contribution is 2.28. The molecular formula is C20H17NO. The second-order valence-electron chi connectivity index (χ2n) is 5.43. The van der Waals surface area contributed by atoms with Crippen LogP contribution in [0, 0.1) is 0 Å². The van der Waals surface area contributed by atoms with Crippen LogP contribution in [0.1, 0.15) is 5.56 Å². The highest BCUT2D eigenvalue weighted by Gasteiger charge is 2.09. The van der Waals surface area contributed by atoms with Crippen LogP contribution in [0.25, 0.3) is 21.8 Å². The number of hydrogen-bond acceptors (Lipinski definition) is 1. The van der Waals surface area contributed by atoms with Gasteiger partial charge in [-0.25, -0.2) is 0 Å². The summed E-state index contributed by atoms with van der Waals surface area (Å²) < 4.78 is 8.19. The summed E-state index contributed by atoms with van der Waals surface area (Å²) in [6.45, 7) is 1.19. The van der Waals surface area contributed by atoms with E-state index in [1.807, 2.05) is 18.2 Å². The highest BCUT2D eigenvalue weighted by atomic mass is 16.5. The minimum Gasteiger partial charge on any atom is -0.356 e. The molecule has 0 aliphatic rings. The van der Waals surface area contributed by atoms with Crippen LogP contribution < -0.4 is 0 Å². The highest BCUT2D eigenvalue weighted by molar-refractivity contribution is 6.07. The van der Waals surface area contributed by atoms with Gasteiger partial charge in [-0.05, 0) is 17.7 Å². The quantitative estimate of drug-likeness (QED) is 0.517. The molecule has 0 aliphatic carbocycles. The summed E-state index contributed by atoms with van der Waals surface area (Å²) in [4.78, 5) is 0. The van der Waals surface area contributed by atoms with Crippen molar-refractivity contribution < 1.29 is 4.74 Å². The molecule has 0 amide bonds. The molecule has 0 fully saturated rings. The molecule has 0 aliphatic heterocycles. The second-order valence-corrected chi connectivity index (χ2v) is 5.43. The van der Waals surface area contributed by atoms with Crippen LogP contribution >= 0.6 is 0 Å². The molecule has 2 nitrogen and oxygen atoms in total. The number of fused-ring (bicyclic) bond motifs is 3. The van der Waals surface area contributed by atoms with Crippen LogP contribution in [0.5, 0.6) is 0 Å². The summed E-state index contributed by atoms with van der Waals surface area (Å²) in [5, 5.41) is 2.56. The minimum absolute atomic E-state index is 0.558. The third kappa shape index (κ3) is 2.28. The molecule has 1 aromatic heterocycles. The van der Waals surface area contributed by atoms with Crippen LogP contribution in [-0.4, -0.2) is 4.57 Å². The van der Waals surface area contributed by atoms with Gasteiger partial charge in [-0.15, -0.1) is 0 Å². The van der Waals surface area contributed by atoms with Gasteiger partial charge >= 0.3 is 0 Å². The zero-order chi connectivity index (χ0) is 14.8. The number of ether oxygens (including phenoxy) is 1. The number of hydrogen-bond donors (Lipinski definition) is 0. The SMILES string of the molecule is c1ccc(COCn2c3ccccc3c3ccccc32)cc1. The molecule has 1 heterocycles. The Morgan fingerprint density at radius 3 is 1.82 bits per heavy atom. The van der Waals surface area contributed by atoms with Gasteiger partial charge in [0.05, 0.1) is 17.6 Å². The number of aromatic nitrogens is 1. The third-order valence-corrected chi connectivity index (χ3v) is 4.01. The van der Waals surface area contributed by atoms with E-state index in [1.165, 1.54) is 27.4 Å². The standard InChI is InChI=1S/C20H17NO/c1-2-8-16(9-3-1)14-22-15-21-19-12-6-4-10-17(19)18-11-5-7-13-20(18)21/h1-13H,14-15H2. The molecule has 4 aromatic rings. The van der Waals surface area contributed by atoms with Crippen molar-refractivity contribution in [2.75, 3.05) is 0 Å². The van der Waals surface area contributed by atoms with Gasteiger partial charge in [0, 0.05) is 10.8 Å². The van der Waals surface area contributed by atoms with E-state index >= 15 is 0 Å². The van der Waals surface area contributed by atoms with Crippen LogP contribution in [-0.2, 0) is 18.1 Å². The zero-order valence-corrected chi connectivity index (χ0v) is 12.3. The summed E-state index contributed by atoms with van der Waals surface area (Å²) in [6, 6.07) is 27.3. The lowest BCUT2D eigenvalue weighted by molar-refractivity contribution is 0.0692. The van der Waals surface area contributed by atoms with Gasteiger partial charge in [0.25, 0.3) is 0 Å². The molecule has 4 rings (SSSR count). The maximum Gasteiger partial charge on any atom is 0.123 e. The van der Waals surface area contributed by atoms with E-state index in [0.29, 0.717) is 13.3 Å². The lowest BCUT2D eigenvalue weighted by atomic mass is 10.2. The zero-order valence-electron chi connectivity index (χ0n) is 12.3. The van der Waals surface area contributed by atoms with Gasteiger partial charge in [-0.2, -0.15) is 0 Å². The van der Waals surface area contributed by atoms with Crippen molar-refractivity contribution in [3.05, 3.63) is 84.4 Å². The molecule has 22 heavy (non-hydrogen) atoms. The fourth-order valence-corrected chi connectivity index (χ4v) is 2.97. The Balaban J connectivity index is 1.68. The first kappa shape index (κ1) is 13.1. The first-order chi connectivity index (χ1) is 10.9. The Morgan fingerprint density at radius 1 is 0.636 bits per heavy atom. The average Bonchev–Trinajstić information content (AvgIpc) is 2.91. The molecule has 0 saturated carbocycles. The Morgan fingerprint density at radius 2 is 1.18 bits per heavy atom. The lowest BCUT2D eigenvalue weighted by Crippen LogP contribution is -2.02. The molecular weight excluding hydrogens is 270 g/mol. The van der Waals surface area contributed by atoms with E-state index in [1.54, 1.807) is 0 Å². The smallest absolute Gasteiger partial charge is 0.123 e. The third-order valence-electron chi connectivity index (χ3n) is 4.01. The molecule has 2 heteroatoms. The Bertz CT molecular complexity index is 855. The van der Waals surface area contributed by atoms with E-state index in [4.69, 9.17) is 4.74 Å². The molecule has 108 valence electrons. The minimum atomic E-state index is 0.558. The van der Waals surface area contributed by atoms with Gasteiger partial charge in [0.15, 0.2) is 0 Å². The topological polar surface area (TPSA) is 14.2 Å². The van der Waals surface area contributed by atoms with Gasteiger partial charge in [-0.1, -0.05) is 66.7 Å². The molecule has 3 aromatic carbocycles. The van der Waals surface area contributed by atoms with Crippen molar-refractivity contribution in [1.29, 1.82) is 0 Å². The van der Waals surface area contributed by atoms with Crippen molar-refractivity contribution >= 4 is 21.8 Å². The molecule has 0 spiro atoms. The Kier molecular flexibility index (Phi) is 3.37. The van der Waals surface area contributed by atoms with Crippen LogP contribution in [0.2, 0.25) is 0 Å². The van der Waals surface area contributed by atoms with E-state index in [0.717, 1.165) is 0 Å². The number of rotatable bonds is 4. The number of nitrogens with zero attached hydrogens (tertiary/aromatic N) is 1. The summed E-state index contributed by atoms with van der Waals surface area (Å²) >= 11 is 0. The van der Waals surface area contributed by atoms with Gasteiger partial charge in [0.2, 0.25) is 0 Å². The van der Waals surface area contributed by atoms with Crippen LogP contribution in [0.3, 0.4) is 0 Å². The molecule has 0 saturated heterocycles. The van der Waals surface area contributed by atoms with Crippen LogP contribution in [0.4, 0.5) is 0 Å². The van der Waals surface area contributed by atoms with E-state index in [9.17, 15) is 0 Å². The summed E-state index contributed by atoms with van der Waals surface area (Å²) in [5.41, 5.74) is 3.64. The van der Waals surface area contributed by atoms with Gasteiger partial charge in [0.1, 0.15) is 6.73 Å². The number of benzene rings is 3. The number of para-hydroxylation sites is 2. The first-order valence-corrected chi connectivity index (χ1v) is 7.51. The monoisotopic (exact) mass is 287 g/mol. The van der Waals surface area contributed by atoms with Gasteiger partial charge < -0.3 is 9.30 Å². The summed E-state index contributed by atoms with van der Waals surface area (Å²) in [5.74, 6) is 0. The van der Waals surface area contributed by atoms with Gasteiger partial charge in [-0.3, -0.25) is 0 Å². The average molecular weight is 287 g/mol.